The topological polar surface area (TPSA) is 67.6 Å². The fraction of sp³-hybridized carbons (Fsp3) is 0.917. The molecule has 0 aromatic rings. The molecule has 0 radical (unpaired) electrons. The van der Waals surface area contributed by atoms with Crippen LogP contribution in [-0.4, -0.2) is 55.2 Å². The summed E-state index contributed by atoms with van der Waals surface area (Å²) in [6.45, 7) is 9.66. The molecule has 5 heteroatoms. The third-order valence-corrected chi connectivity index (χ3v) is 3.02. The number of nitrogens with one attached hydrogen (secondary N) is 1. The van der Waals surface area contributed by atoms with E-state index in [-0.39, 0.29) is 24.2 Å². The van der Waals surface area contributed by atoms with Gasteiger partial charge in [-0.25, -0.2) is 0 Å². The first-order valence-electron chi connectivity index (χ1n) is 6.43. The summed E-state index contributed by atoms with van der Waals surface area (Å²) in [6, 6.07) is -0.214. The van der Waals surface area contributed by atoms with Crippen LogP contribution in [0.5, 0.6) is 0 Å². The number of nitrogens with two attached hydrogens (primary N) is 1. The number of hydrogen-bond acceptors (Lipinski definition) is 4. The lowest BCUT2D eigenvalue weighted by atomic mass is 10.1. The van der Waals surface area contributed by atoms with Gasteiger partial charge in [0.2, 0.25) is 5.91 Å². The molecule has 0 saturated carbocycles. The number of rotatable bonds is 6. The molecule has 0 spiro atoms. The van der Waals surface area contributed by atoms with Crippen LogP contribution in [0.15, 0.2) is 0 Å². The van der Waals surface area contributed by atoms with Crippen LogP contribution < -0.4 is 11.1 Å². The maximum Gasteiger partial charge on any atom is 0.234 e. The van der Waals surface area contributed by atoms with E-state index in [2.05, 4.69) is 24.1 Å². The summed E-state index contributed by atoms with van der Waals surface area (Å²) in [7, 11) is 0. The van der Waals surface area contributed by atoms with Crippen LogP contribution in [-0.2, 0) is 9.53 Å². The van der Waals surface area contributed by atoms with Crippen LogP contribution in [0, 0.1) is 0 Å². The van der Waals surface area contributed by atoms with Gasteiger partial charge in [0.15, 0.2) is 0 Å². The van der Waals surface area contributed by atoms with Crippen molar-refractivity contribution in [2.75, 3.05) is 26.2 Å². The van der Waals surface area contributed by atoms with Gasteiger partial charge >= 0.3 is 0 Å². The van der Waals surface area contributed by atoms with E-state index in [1.165, 1.54) is 0 Å². The number of amides is 1. The molecule has 1 saturated heterocycles. The molecule has 0 aliphatic carbocycles. The molecule has 3 atom stereocenters. The lowest BCUT2D eigenvalue weighted by Crippen LogP contribution is -2.48. The van der Waals surface area contributed by atoms with Gasteiger partial charge in [0.25, 0.3) is 0 Å². The molecule has 0 bridgehead atoms. The molecule has 1 rings (SSSR count). The van der Waals surface area contributed by atoms with Crippen molar-refractivity contribution in [3.8, 4) is 0 Å². The van der Waals surface area contributed by atoms with Crippen LogP contribution in [0.1, 0.15) is 27.2 Å². The van der Waals surface area contributed by atoms with E-state index in [1.807, 2.05) is 6.92 Å². The minimum absolute atomic E-state index is 0.214. The third-order valence-electron chi connectivity index (χ3n) is 3.02. The van der Waals surface area contributed by atoms with Crippen LogP contribution in [0.3, 0.4) is 0 Å². The molecular weight excluding hydrogens is 218 g/mol. The van der Waals surface area contributed by atoms with E-state index in [1.54, 1.807) is 0 Å². The first kappa shape index (κ1) is 14.4. The largest absolute Gasteiger partial charge is 0.373 e. The molecule has 1 fully saturated rings. The zero-order chi connectivity index (χ0) is 12.8. The van der Waals surface area contributed by atoms with Crippen molar-refractivity contribution in [3.63, 3.8) is 0 Å². The molecule has 5 nitrogen and oxygen atoms in total. The zero-order valence-electron chi connectivity index (χ0n) is 11.1. The van der Waals surface area contributed by atoms with Crippen LogP contribution in [0.25, 0.3) is 0 Å². The van der Waals surface area contributed by atoms with Gasteiger partial charge in [0, 0.05) is 19.6 Å². The normalized spacial score (nSPS) is 27.9. The second-order valence-corrected chi connectivity index (χ2v) is 4.82. The highest BCUT2D eigenvalue weighted by molar-refractivity contribution is 5.79. The highest BCUT2D eigenvalue weighted by atomic mass is 16.5. The maximum absolute atomic E-state index is 11.2. The molecule has 1 heterocycles. The second-order valence-electron chi connectivity index (χ2n) is 4.82. The monoisotopic (exact) mass is 243 g/mol. The molecule has 1 aliphatic rings. The smallest absolute Gasteiger partial charge is 0.234 e. The predicted octanol–water partition coefficient (Wildman–Crippen LogP) is -0.0509. The summed E-state index contributed by atoms with van der Waals surface area (Å²) in [6.07, 6.45) is 1.30. The average Bonchev–Trinajstić information content (AvgIpc) is 2.22. The number of carbonyl (C=O) groups is 1. The Morgan fingerprint density at radius 3 is 2.53 bits per heavy atom. The van der Waals surface area contributed by atoms with E-state index >= 15 is 0 Å². The minimum Gasteiger partial charge on any atom is -0.373 e. The van der Waals surface area contributed by atoms with Crippen LogP contribution in [0.2, 0.25) is 0 Å². The zero-order valence-corrected chi connectivity index (χ0v) is 11.1. The van der Waals surface area contributed by atoms with Crippen LogP contribution in [0.4, 0.5) is 0 Å². The summed E-state index contributed by atoms with van der Waals surface area (Å²) in [5.74, 6) is -0.263. The lowest BCUT2D eigenvalue weighted by Gasteiger charge is -2.35. The second kappa shape index (κ2) is 6.93. The van der Waals surface area contributed by atoms with E-state index in [9.17, 15) is 4.79 Å². The molecule has 1 unspecified atom stereocenters. The van der Waals surface area contributed by atoms with Crippen molar-refractivity contribution in [2.24, 2.45) is 5.73 Å². The van der Waals surface area contributed by atoms with Crippen molar-refractivity contribution < 1.29 is 9.53 Å². The molecule has 0 aromatic carbocycles. The van der Waals surface area contributed by atoms with Crippen molar-refractivity contribution in [3.05, 3.63) is 0 Å². The van der Waals surface area contributed by atoms with E-state index in [0.717, 1.165) is 32.6 Å². The maximum atomic E-state index is 11.2. The van der Waals surface area contributed by atoms with E-state index < -0.39 is 0 Å². The summed E-state index contributed by atoms with van der Waals surface area (Å²) < 4.78 is 5.67. The number of morpholine rings is 1. The van der Waals surface area contributed by atoms with E-state index in [4.69, 9.17) is 10.5 Å². The Hall–Kier alpha value is -0.650. The van der Waals surface area contributed by atoms with Gasteiger partial charge in [-0.3, -0.25) is 9.69 Å². The van der Waals surface area contributed by atoms with Gasteiger partial charge < -0.3 is 15.8 Å². The molecule has 0 aromatic heterocycles. The quantitative estimate of drug-likeness (QED) is 0.686. The summed E-state index contributed by atoms with van der Waals surface area (Å²) in [5.41, 5.74) is 5.35. The number of primary amides is 1. The van der Waals surface area contributed by atoms with Gasteiger partial charge in [-0.2, -0.15) is 0 Å². The van der Waals surface area contributed by atoms with Gasteiger partial charge in [0.05, 0.1) is 18.2 Å². The van der Waals surface area contributed by atoms with Crippen molar-refractivity contribution >= 4 is 5.91 Å². The SMILES string of the molecule is CCNC(CCN1C[C@@H](C)O[C@@H](C)C1)C(N)=O. The molecule has 17 heavy (non-hydrogen) atoms. The number of likely N-dealkylation sites (N-methyl/N-ethyl adjacent to an activating group) is 1. The third kappa shape index (κ3) is 5.02. The highest BCUT2D eigenvalue weighted by Gasteiger charge is 2.23. The molecule has 1 aliphatic heterocycles. The molecular formula is C12H25N3O2. The summed E-state index contributed by atoms with van der Waals surface area (Å²) in [5, 5.41) is 3.11. The Balaban J connectivity index is 2.35. The molecule has 1 amide bonds. The Morgan fingerprint density at radius 1 is 1.47 bits per heavy atom. The Morgan fingerprint density at radius 2 is 2.06 bits per heavy atom. The van der Waals surface area contributed by atoms with Gasteiger partial charge in [-0.15, -0.1) is 0 Å². The lowest BCUT2D eigenvalue weighted by molar-refractivity contribution is -0.120. The van der Waals surface area contributed by atoms with Crippen molar-refractivity contribution in [2.45, 2.75) is 45.4 Å². The standard InChI is InChI=1S/C12H25N3O2/c1-4-14-11(12(13)16)5-6-15-7-9(2)17-10(3)8-15/h9-11,14H,4-8H2,1-3H3,(H2,13,16)/t9-,10+,11?. The molecule has 100 valence electrons. The summed E-state index contributed by atoms with van der Waals surface area (Å²) >= 11 is 0. The minimum atomic E-state index is -0.263. The summed E-state index contributed by atoms with van der Waals surface area (Å²) in [4.78, 5) is 13.5. The number of hydrogen-bond donors (Lipinski definition) is 2. The Kier molecular flexibility index (Phi) is 5.88. The first-order valence-corrected chi connectivity index (χ1v) is 6.43. The number of ether oxygens (including phenoxy) is 1. The highest BCUT2D eigenvalue weighted by Crippen LogP contribution is 2.11. The number of nitrogens with zero attached hydrogens (tertiary/aromatic N) is 1. The number of carbonyl (C=O) groups excluding carboxylic acids is 1. The van der Waals surface area contributed by atoms with Crippen LogP contribution >= 0.6 is 0 Å². The van der Waals surface area contributed by atoms with Gasteiger partial charge in [-0.05, 0) is 26.8 Å². The van der Waals surface area contributed by atoms with Crippen molar-refractivity contribution in [1.82, 2.24) is 10.2 Å². The van der Waals surface area contributed by atoms with Gasteiger partial charge in [-0.1, -0.05) is 6.92 Å². The van der Waals surface area contributed by atoms with Crippen molar-refractivity contribution in [1.29, 1.82) is 0 Å². The first-order chi connectivity index (χ1) is 8.02. The van der Waals surface area contributed by atoms with Gasteiger partial charge in [0.1, 0.15) is 0 Å². The predicted molar refractivity (Wildman–Crippen MR) is 67.7 cm³/mol. The Labute approximate surface area is 104 Å². The average molecular weight is 243 g/mol. The van der Waals surface area contributed by atoms with E-state index in [0.29, 0.717) is 0 Å². The molecule has 3 N–H and O–H groups in total. The fourth-order valence-electron chi connectivity index (χ4n) is 2.37. The Bertz CT molecular complexity index is 238. The fourth-order valence-corrected chi connectivity index (χ4v) is 2.37.